The number of hydrogen-bond donors (Lipinski definition) is 4. The summed E-state index contributed by atoms with van der Waals surface area (Å²) in [5.41, 5.74) is 0. The topological polar surface area (TPSA) is 98.7 Å². The molecule has 2 amide bonds. The third-order valence-corrected chi connectivity index (χ3v) is 3.09. The van der Waals surface area contributed by atoms with Crippen LogP contribution in [0.25, 0.3) is 0 Å². The van der Waals surface area contributed by atoms with E-state index in [4.69, 9.17) is 10.2 Å². The maximum atomic E-state index is 11.4. The predicted octanol–water partition coefficient (Wildman–Crippen LogP) is 0.310. The largest absolute Gasteiger partial charge is 0.479 e. The number of carboxylic acids is 1. The molecule has 1 unspecified atom stereocenters. The molecule has 4 N–H and O–H groups in total. The Bertz CT molecular complexity index is 275. The van der Waals surface area contributed by atoms with E-state index in [0.29, 0.717) is 5.92 Å². The minimum Gasteiger partial charge on any atom is -0.479 e. The number of aliphatic hydroxyl groups excluding tert-OH is 1. The quantitative estimate of drug-likeness (QED) is 0.572. The van der Waals surface area contributed by atoms with Crippen molar-refractivity contribution in [1.82, 2.24) is 10.6 Å². The van der Waals surface area contributed by atoms with Crippen LogP contribution in [0.2, 0.25) is 0 Å². The van der Waals surface area contributed by atoms with Gasteiger partial charge in [-0.2, -0.15) is 0 Å². The number of carboxylic acid groups (broad SMARTS) is 1. The van der Waals surface area contributed by atoms with E-state index in [9.17, 15) is 9.59 Å². The van der Waals surface area contributed by atoms with E-state index in [1.54, 1.807) is 0 Å². The highest BCUT2D eigenvalue weighted by Crippen LogP contribution is 2.23. The Balaban J connectivity index is 2.19. The molecule has 17 heavy (non-hydrogen) atoms. The van der Waals surface area contributed by atoms with Gasteiger partial charge in [0.1, 0.15) is 0 Å². The fourth-order valence-corrected chi connectivity index (χ4v) is 1.92. The number of hydrogen-bond acceptors (Lipinski definition) is 3. The van der Waals surface area contributed by atoms with Gasteiger partial charge in [0, 0.05) is 6.04 Å². The smallest absolute Gasteiger partial charge is 0.334 e. The monoisotopic (exact) mass is 244 g/mol. The number of nitrogens with one attached hydrogen (secondary N) is 2. The zero-order valence-corrected chi connectivity index (χ0v) is 9.98. The second-order valence-corrected chi connectivity index (χ2v) is 4.67. The first kappa shape index (κ1) is 13.8. The molecule has 0 aromatic rings. The molecule has 0 aliphatic heterocycles. The van der Waals surface area contributed by atoms with Crippen LogP contribution in [0.3, 0.4) is 0 Å². The van der Waals surface area contributed by atoms with E-state index < -0.39 is 18.1 Å². The Morgan fingerprint density at radius 1 is 1.29 bits per heavy atom. The summed E-state index contributed by atoms with van der Waals surface area (Å²) in [5, 5.41) is 22.5. The van der Waals surface area contributed by atoms with Gasteiger partial charge in [0.25, 0.3) is 0 Å². The van der Waals surface area contributed by atoms with Crippen molar-refractivity contribution in [2.75, 3.05) is 6.54 Å². The summed E-state index contributed by atoms with van der Waals surface area (Å²) < 4.78 is 0. The maximum absolute atomic E-state index is 11.4. The molecule has 1 rings (SSSR count). The normalized spacial score (nSPS) is 26.0. The molecule has 6 nitrogen and oxygen atoms in total. The van der Waals surface area contributed by atoms with E-state index in [2.05, 4.69) is 17.6 Å². The molecule has 0 heterocycles. The van der Waals surface area contributed by atoms with Crippen LogP contribution in [0.15, 0.2) is 0 Å². The molecule has 1 saturated carbocycles. The molecule has 1 atom stereocenters. The third kappa shape index (κ3) is 5.04. The molecule has 0 radical (unpaired) electrons. The summed E-state index contributed by atoms with van der Waals surface area (Å²) in [6.07, 6.45) is 2.56. The van der Waals surface area contributed by atoms with Crippen molar-refractivity contribution in [3.8, 4) is 0 Å². The predicted molar refractivity (Wildman–Crippen MR) is 61.6 cm³/mol. The van der Waals surface area contributed by atoms with Gasteiger partial charge >= 0.3 is 12.0 Å². The van der Waals surface area contributed by atoms with Gasteiger partial charge in [0.05, 0.1) is 6.54 Å². The van der Waals surface area contributed by atoms with Crippen molar-refractivity contribution in [2.24, 2.45) is 5.92 Å². The Kier molecular flexibility index (Phi) is 5.21. The van der Waals surface area contributed by atoms with E-state index in [1.807, 2.05) is 0 Å². The minimum absolute atomic E-state index is 0.160. The van der Waals surface area contributed by atoms with Crippen molar-refractivity contribution in [1.29, 1.82) is 0 Å². The lowest BCUT2D eigenvalue weighted by atomic mass is 9.87. The van der Waals surface area contributed by atoms with Crippen LogP contribution < -0.4 is 10.6 Å². The minimum atomic E-state index is -1.55. The van der Waals surface area contributed by atoms with E-state index in [-0.39, 0.29) is 12.6 Å². The summed E-state index contributed by atoms with van der Waals surface area (Å²) in [4.78, 5) is 21.7. The van der Waals surface area contributed by atoms with Crippen molar-refractivity contribution in [3.63, 3.8) is 0 Å². The molecule has 0 aromatic carbocycles. The van der Waals surface area contributed by atoms with Gasteiger partial charge in [0.2, 0.25) is 0 Å². The number of rotatable bonds is 4. The van der Waals surface area contributed by atoms with Gasteiger partial charge < -0.3 is 20.8 Å². The Morgan fingerprint density at radius 2 is 1.88 bits per heavy atom. The molecular formula is C11H20N2O4. The molecule has 0 aromatic heterocycles. The zero-order valence-electron chi connectivity index (χ0n) is 9.98. The van der Waals surface area contributed by atoms with Crippen LogP contribution in [0.4, 0.5) is 4.79 Å². The highest BCUT2D eigenvalue weighted by molar-refractivity contribution is 5.76. The highest BCUT2D eigenvalue weighted by atomic mass is 16.4. The van der Waals surface area contributed by atoms with Crippen LogP contribution >= 0.6 is 0 Å². The fraction of sp³-hybridized carbons (Fsp3) is 0.818. The second kappa shape index (κ2) is 6.44. The van der Waals surface area contributed by atoms with Crippen LogP contribution in [0.5, 0.6) is 0 Å². The number of carbonyl (C=O) groups excluding carboxylic acids is 1. The number of amides is 2. The first-order chi connectivity index (χ1) is 7.99. The number of aliphatic carboxylic acids is 1. The van der Waals surface area contributed by atoms with Crippen molar-refractivity contribution < 1.29 is 19.8 Å². The Hall–Kier alpha value is -1.30. The standard InChI is InChI=1S/C11H20N2O4/c1-7-2-4-8(5-3-7)13-11(17)12-6-9(14)10(15)16/h7-9,14H,2-6H2,1H3,(H,15,16)(H2,12,13,17). The summed E-state index contributed by atoms with van der Waals surface area (Å²) in [6.45, 7) is 1.92. The molecule has 6 heteroatoms. The number of carbonyl (C=O) groups is 2. The summed E-state index contributed by atoms with van der Waals surface area (Å²) in [7, 11) is 0. The van der Waals surface area contributed by atoms with Crippen LogP contribution in [0, 0.1) is 5.92 Å². The third-order valence-electron chi connectivity index (χ3n) is 3.09. The van der Waals surface area contributed by atoms with E-state index in [0.717, 1.165) is 25.7 Å². The van der Waals surface area contributed by atoms with E-state index >= 15 is 0 Å². The maximum Gasteiger partial charge on any atom is 0.334 e. The Morgan fingerprint density at radius 3 is 2.41 bits per heavy atom. The first-order valence-electron chi connectivity index (χ1n) is 5.94. The molecule has 1 aliphatic rings. The molecule has 0 spiro atoms. The average Bonchev–Trinajstić information content (AvgIpc) is 2.29. The van der Waals surface area contributed by atoms with E-state index in [1.165, 1.54) is 0 Å². The average molecular weight is 244 g/mol. The SMILES string of the molecule is CC1CCC(NC(=O)NCC(O)C(=O)O)CC1. The number of aliphatic hydroxyl groups is 1. The Labute approximate surface area is 100 Å². The van der Waals surface area contributed by atoms with Gasteiger partial charge in [-0.1, -0.05) is 6.92 Å². The second-order valence-electron chi connectivity index (χ2n) is 4.67. The molecule has 0 bridgehead atoms. The molecule has 1 aliphatic carbocycles. The van der Waals surface area contributed by atoms with Crippen molar-refractivity contribution in [3.05, 3.63) is 0 Å². The fourth-order valence-electron chi connectivity index (χ4n) is 1.92. The van der Waals surface area contributed by atoms with Crippen LogP contribution in [0.1, 0.15) is 32.6 Å². The lowest BCUT2D eigenvalue weighted by Gasteiger charge is -2.27. The lowest BCUT2D eigenvalue weighted by molar-refractivity contribution is -0.146. The van der Waals surface area contributed by atoms with Crippen LogP contribution in [-0.4, -0.2) is 40.9 Å². The molecular weight excluding hydrogens is 224 g/mol. The van der Waals surface area contributed by atoms with Gasteiger partial charge in [-0.15, -0.1) is 0 Å². The summed E-state index contributed by atoms with van der Waals surface area (Å²) in [6, 6.07) is -0.252. The van der Waals surface area contributed by atoms with Gasteiger partial charge in [-0.25, -0.2) is 9.59 Å². The molecule has 1 fully saturated rings. The molecule has 98 valence electrons. The molecule has 0 saturated heterocycles. The van der Waals surface area contributed by atoms with Gasteiger partial charge in [0.15, 0.2) is 6.10 Å². The van der Waals surface area contributed by atoms with Crippen molar-refractivity contribution >= 4 is 12.0 Å². The lowest BCUT2D eigenvalue weighted by Crippen LogP contribution is -2.46. The highest BCUT2D eigenvalue weighted by Gasteiger charge is 2.20. The summed E-state index contributed by atoms with van der Waals surface area (Å²) >= 11 is 0. The number of urea groups is 1. The van der Waals surface area contributed by atoms with Crippen molar-refractivity contribution in [2.45, 2.75) is 44.8 Å². The first-order valence-corrected chi connectivity index (χ1v) is 5.94. The van der Waals surface area contributed by atoms with Gasteiger partial charge in [-0.05, 0) is 31.6 Å². The zero-order chi connectivity index (χ0) is 12.8. The van der Waals surface area contributed by atoms with Gasteiger partial charge in [-0.3, -0.25) is 0 Å². The van der Waals surface area contributed by atoms with Crippen LogP contribution in [-0.2, 0) is 4.79 Å². The summed E-state index contributed by atoms with van der Waals surface area (Å²) in [5.74, 6) is -0.623.